The smallest absolute Gasteiger partial charge is 0.328 e. The van der Waals surface area contributed by atoms with Gasteiger partial charge in [0, 0.05) is 17.5 Å². The molecule has 0 saturated heterocycles. The maximum Gasteiger partial charge on any atom is 0.328 e. The molecule has 0 spiro atoms. The quantitative estimate of drug-likeness (QED) is 0.159. The maximum atomic E-state index is 11.0. The summed E-state index contributed by atoms with van der Waals surface area (Å²) in [6.07, 6.45) is 5.01. The van der Waals surface area contributed by atoms with E-state index in [0.717, 1.165) is 34.3 Å². The highest BCUT2D eigenvalue weighted by Crippen LogP contribution is 2.39. The molecule has 202 valence electrons. The van der Waals surface area contributed by atoms with Gasteiger partial charge in [-0.2, -0.15) is 0 Å². The summed E-state index contributed by atoms with van der Waals surface area (Å²) < 4.78 is 0. The standard InChI is InChI=1S/C38H33NO2/c1-27-24-28(2)38(29(3)25-27)39(34-19-14-30(15-20-34)18-23-37(40)41)35-21-16-31(17-22-35)26-36(32-10-6-4-7-11-32)33-12-8-5-9-13-33/h4-26H,1-3H3,(H,40,41)/b23-18+. The number of carboxylic acid groups (broad SMARTS) is 1. The summed E-state index contributed by atoms with van der Waals surface area (Å²) in [5.41, 5.74) is 12.3. The highest BCUT2D eigenvalue weighted by Gasteiger charge is 2.17. The number of anilines is 3. The van der Waals surface area contributed by atoms with E-state index in [0.29, 0.717) is 0 Å². The van der Waals surface area contributed by atoms with Crippen LogP contribution in [0.3, 0.4) is 0 Å². The molecule has 0 unspecified atom stereocenters. The first-order valence-corrected chi connectivity index (χ1v) is 13.7. The van der Waals surface area contributed by atoms with Gasteiger partial charge in [0.15, 0.2) is 0 Å². The molecule has 0 bridgehead atoms. The minimum absolute atomic E-state index is 0.836. The molecule has 0 fully saturated rings. The Kier molecular flexibility index (Phi) is 8.26. The molecule has 0 saturated carbocycles. The number of hydrogen-bond donors (Lipinski definition) is 1. The SMILES string of the molecule is Cc1cc(C)c(N(c2ccc(C=C(c3ccccc3)c3ccccc3)cc2)c2ccc(/C=C/C(=O)O)cc2)c(C)c1. The Balaban J connectivity index is 1.58. The molecule has 0 aliphatic carbocycles. The van der Waals surface area contributed by atoms with Crippen LogP contribution < -0.4 is 4.90 Å². The van der Waals surface area contributed by atoms with Crippen LogP contribution in [0.4, 0.5) is 17.1 Å². The van der Waals surface area contributed by atoms with Crippen molar-refractivity contribution in [3.05, 3.63) is 166 Å². The Morgan fingerprint density at radius 3 is 1.56 bits per heavy atom. The van der Waals surface area contributed by atoms with E-state index in [1.165, 1.54) is 33.4 Å². The van der Waals surface area contributed by atoms with E-state index in [-0.39, 0.29) is 0 Å². The van der Waals surface area contributed by atoms with E-state index in [2.05, 4.69) is 117 Å². The fraction of sp³-hybridized carbons (Fsp3) is 0.0789. The van der Waals surface area contributed by atoms with Crippen LogP contribution in [-0.4, -0.2) is 11.1 Å². The molecule has 0 radical (unpaired) electrons. The van der Waals surface area contributed by atoms with Crippen LogP contribution in [0.2, 0.25) is 0 Å². The lowest BCUT2D eigenvalue weighted by molar-refractivity contribution is -0.131. The first-order chi connectivity index (χ1) is 19.9. The van der Waals surface area contributed by atoms with Crippen LogP contribution in [0.5, 0.6) is 0 Å². The van der Waals surface area contributed by atoms with Gasteiger partial charge in [0.2, 0.25) is 0 Å². The number of aliphatic carboxylic acids is 1. The number of carbonyl (C=O) groups is 1. The van der Waals surface area contributed by atoms with Crippen molar-refractivity contribution in [3.63, 3.8) is 0 Å². The number of rotatable bonds is 8. The van der Waals surface area contributed by atoms with Gasteiger partial charge >= 0.3 is 5.97 Å². The molecule has 1 N–H and O–H groups in total. The van der Waals surface area contributed by atoms with Crippen molar-refractivity contribution in [1.82, 2.24) is 0 Å². The molecule has 0 heterocycles. The molecule has 5 aromatic carbocycles. The molecule has 0 aliphatic heterocycles. The van der Waals surface area contributed by atoms with Crippen LogP contribution in [-0.2, 0) is 4.79 Å². The fourth-order valence-corrected chi connectivity index (χ4v) is 5.29. The number of hydrogen-bond acceptors (Lipinski definition) is 2. The van der Waals surface area contributed by atoms with Crippen LogP contribution in [0, 0.1) is 20.8 Å². The summed E-state index contributed by atoms with van der Waals surface area (Å²) >= 11 is 0. The molecule has 0 atom stereocenters. The second-order valence-corrected chi connectivity index (χ2v) is 10.2. The predicted molar refractivity (Wildman–Crippen MR) is 172 cm³/mol. The lowest BCUT2D eigenvalue weighted by atomic mass is 9.95. The van der Waals surface area contributed by atoms with Gasteiger partial charge in [-0.25, -0.2) is 4.79 Å². The van der Waals surface area contributed by atoms with Gasteiger partial charge in [-0.1, -0.05) is 103 Å². The van der Waals surface area contributed by atoms with E-state index in [1.807, 2.05) is 36.4 Å². The molecule has 0 amide bonds. The Morgan fingerprint density at radius 1 is 0.634 bits per heavy atom. The van der Waals surface area contributed by atoms with Crippen molar-refractivity contribution in [1.29, 1.82) is 0 Å². The summed E-state index contributed by atoms with van der Waals surface area (Å²) in [4.78, 5) is 13.3. The molecular weight excluding hydrogens is 502 g/mol. The summed E-state index contributed by atoms with van der Waals surface area (Å²) in [5, 5.41) is 9.01. The van der Waals surface area contributed by atoms with Crippen molar-refractivity contribution in [2.24, 2.45) is 0 Å². The van der Waals surface area contributed by atoms with E-state index in [1.54, 1.807) is 6.08 Å². The van der Waals surface area contributed by atoms with Crippen molar-refractivity contribution in [2.75, 3.05) is 4.90 Å². The Hall–Kier alpha value is -5.15. The molecule has 3 nitrogen and oxygen atoms in total. The van der Waals surface area contributed by atoms with Gasteiger partial charge in [-0.05, 0) is 96.1 Å². The normalized spacial score (nSPS) is 10.9. The zero-order valence-corrected chi connectivity index (χ0v) is 23.6. The van der Waals surface area contributed by atoms with Crippen LogP contribution in [0.25, 0.3) is 17.7 Å². The first kappa shape index (κ1) is 27.4. The van der Waals surface area contributed by atoms with Gasteiger partial charge in [-0.3, -0.25) is 0 Å². The third-order valence-electron chi connectivity index (χ3n) is 7.06. The van der Waals surface area contributed by atoms with E-state index in [4.69, 9.17) is 5.11 Å². The zero-order chi connectivity index (χ0) is 28.8. The largest absolute Gasteiger partial charge is 0.478 e. The second-order valence-electron chi connectivity index (χ2n) is 10.2. The third-order valence-corrected chi connectivity index (χ3v) is 7.06. The van der Waals surface area contributed by atoms with Crippen molar-refractivity contribution >= 4 is 40.8 Å². The zero-order valence-electron chi connectivity index (χ0n) is 23.6. The topological polar surface area (TPSA) is 40.5 Å². The molecular formula is C38H33NO2. The lowest BCUT2D eigenvalue weighted by Gasteiger charge is -2.29. The van der Waals surface area contributed by atoms with Crippen LogP contribution in [0.1, 0.15) is 38.9 Å². The average Bonchev–Trinajstić information content (AvgIpc) is 2.98. The molecule has 0 aliphatic rings. The maximum absolute atomic E-state index is 11.0. The summed E-state index contributed by atoms with van der Waals surface area (Å²) in [6, 6.07) is 42.0. The number of nitrogens with zero attached hydrogens (tertiary/aromatic N) is 1. The van der Waals surface area contributed by atoms with Crippen molar-refractivity contribution in [2.45, 2.75) is 20.8 Å². The van der Waals surface area contributed by atoms with Crippen molar-refractivity contribution in [3.8, 4) is 0 Å². The van der Waals surface area contributed by atoms with Gasteiger partial charge in [0.1, 0.15) is 0 Å². The fourth-order valence-electron chi connectivity index (χ4n) is 5.29. The predicted octanol–water partition coefficient (Wildman–Crippen LogP) is 9.77. The number of aryl methyl sites for hydroxylation is 3. The molecule has 3 heteroatoms. The lowest BCUT2D eigenvalue weighted by Crippen LogP contribution is -2.13. The molecule has 41 heavy (non-hydrogen) atoms. The van der Waals surface area contributed by atoms with Gasteiger partial charge < -0.3 is 10.0 Å². The summed E-state index contributed by atoms with van der Waals surface area (Å²) in [6.45, 7) is 6.42. The third kappa shape index (κ3) is 6.54. The van der Waals surface area contributed by atoms with Gasteiger partial charge in [0.05, 0.1) is 5.69 Å². The minimum Gasteiger partial charge on any atom is -0.478 e. The van der Waals surface area contributed by atoms with E-state index in [9.17, 15) is 4.79 Å². The summed E-state index contributed by atoms with van der Waals surface area (Å²) in [5.74, 6) is -0.960. The van der Waals surface area contributed by atoms with E-state index >= 15 is 0 Å². The minimum atomic E-state index is -0.960. The monoisotopic (exact) mass is 535 g/mol. The molecule has 5 rings (SSSR count). The molecule has 5 aromatic rings. The van der Waals surface area contributed by atoms with E-state index < -0.39 is 5.97 Å². The van der Waals surface area contributed by atoms with Crippen LogP contribution in [0.15, 0.2) is 127 Å². The van der Waals surface area contributed by atoms with Gasteiger partial charge in [-0.15, -0.1) is 0 Å². The Bertz CT molecular complexity index is 1630. The Labute approximate surface area is 242 Å². The highest BCUT2D eigenvalue weighted by atomic mass is 16.4. The summed E-state index contributed by atoms with van der Waals surface area (Å²) in [7, 11) is 0. The van der Waals surface area contributed by atoms with Crippen molar-refractivity contribution < 1.29 is 9.90 Å². The number of carboxylic acids is 1. The second kappa shape index (κ2) is 12.4. The first-order valence-electron chi connectivity index (χ1n) is 13.7. The number of benzene rings is 5. The average molecular weight is 536 g/mol. The molecule has 0 aromatic heterocycles. The van der Waals surface area contributed by atoms with Gasteiger partial charge in [0.25, 0.3) is 0 Å². The highest BCUT2D eigenvalue weighted by molar-refractivity contribution is 5.92. The Morgan fingerprint density at radius 2 is 1.10 bits per heavy atom. The van der Waals surface area contributed by atoms with Crippen LogP contribution >= 0.6 is 0 Å².